The number of aromatic nitrogens is 4. The van der Waals surface area contributed by atoms with E-state index in [1.165, 1.54) is 10.9 Å². The van der Waals surface area contributed by atoms with Gasteiger partial charge in [-0.3, -0.25) is 0 Å². The SMILES string of the molecule is Nc1nnnn1NCc1cccc(OCc2ccccc2F)c1. The van der Waals surface area contributed by atoms with Crippen LogP contribution in [0.25, 0.3) is 0 Å². The van der Waals surface area contributed by atoms with Crippen molar-refractivity contribution < 1.29 is 9.13 Å². The smallest absolute Gasteiger partial charge is 0.260 e. The van der Waals surface area contributed by atoms with Crippen LogP contribution in [-0.4, -0.2) is 20.3 Å². The van der Waals surface area contributed by atoms with Crippen LogP contribution in [0, 0.1) is 5.82 Å². The number of nitrogens with one attached hydrogen (secondary N) is 1. The maximum Gasteiger partial charge on any atom is 0.260 e. The molecule has 0 spiro atoms. The summed E-state index contributed by atoms with van der Waals surface area (Å²) in [6.07, 6.45) is 0. The molecule has 0 unspecified atom stereocenters. The lowest BCUT2D eigenvalue weighted by Crippen LogP contribution is -2.18. The van der Waals surface area contributed by atoms with Crippen LogP contribution in [-0.2, 0) is 13.2 Å². The maximum atomic E-state index is 13.6. The summed E-state index contributed by atoms with van der Waals surface area (Å²) in [5.74, 6) is 0.550. The van der Waals surface area contributed by atoms with Gasteiger partial charge in [0.2, 0.25) is 0 Å². The summed E-state index contributed by atoms with van der Waals surface area (Å²) in [5.41, 5.74) is 9.99. The van der Waals surface area contributed by atoms with Crippen molar-refractivity contribution in [2.45, 2.75) is 13.2 Å². The van der Waals surface area contributed by atoms with Gasteiger partial charge in [0, 0.05) is 5.56 Å². The normalized spacial score (nSPS) is 10.5. The number of benzene rings is 2. The van der Waals surface area contributed by atoms with Crippen molar-refractivity contribution in [3.8, 4) is 5.75 Å². The molecule has 1 heterocycles. The van der Waals surface area contributed by atoms with Crippen LogP contribution in [0.3, 0.4) is 0 Å². The summed E-state index contributed by atoms with van der Waals surface area (Å²) in [5, 5.41) is 10.7. The van der Waals surface area contributed by atoms with Gasteiger partial charge in [-0.1, -0.05) is 35.4 Å². The molecule has 7 nitrogen and oxygen atoms in total. The van der Waals surface area contributed by atoms with Crippen LogP contribution in [0.5, 0.6) is 5.75 Å². The zero-order chi connectivity index (χ0) is 16.1. The first-order valence-electron chi connectivity index (χ1n) is 6.95. The van der Waals surface area contributed by atoms with Crippen molar-refractivity contribution in [3.63, 3.8) is 0 Å². The number of tetrazole rings is 1. The highest BCUT2D eigenvalue weighted by atomic mass is 19.1. The van der Waals surface area contributed by atoms with Crippen molar-refractivity contribution in [1.82, 2.24) is 20.3 Å². The number of ether oxygens (including phenoxy) is 1. The molecule has 3 rings (SSSR count). The second-order valence-corrected chi connectivity index (χ2v) is 4.81. The quantitative estimate of drug-likeness (QED) is 0.720. The van der Waals surface area contributed by atoms with Gasteiger partial charge in [-0.2, -0.15) is 0 Å². The van der Waals surface area contributed by atoms with Gasteiger partial charge in [-0.15, -0.1) is 4.79 Å². The van der Waals surface area contributed by atoms with Gasteiger partial charge in [0.25, 0.3) is 5.95 Å². The molecule has 0 amide bonds. The molecule has 0 aliphatic rings. The molecule has 0 bridgehead atoms. The summed E-state index contributed by atoms with van der Waals surface area (Å²) in [6.45, 7) is 0.635. The third-order valence-corrected chi connectivity index (χ3v) is 3.18. The molecule has 0 saturated carbocycles. The van der Waals surface area contributed by atoms with E-state index in [9.17, 15) is 4.39 Å². The van der Waals surface area contributed by atoms with E-state index in [1.807, 2.05) is 24.3 Å². The van der Waals surface area contributed by atoms with E-state index in [-0.39, 0.29) is 18.4 Å². The first-order chi connectivity index (χ1) is 11.2. The lowest BCUT2D eigenvalue weighted by Gasteiger charge is -2.10. The largest absolute Gasteiger partial charge is 0.489 e. The van der Waals surface area contributed by atoms with Crippen molar-refractivity contribution in [2.24, 2.45) is 0 Å². The predicted molar refractivity (Wildman–Crippen MR) is 82.5 cm³/mol. The zero-order valence-electron chi connectivity index (χ0n) is 12.2. The van der Waals surface area contributed by atoms with E-state index in [0.717, 1.165) is 5.56 Å². The minimum Gasteiger partial charge on any atom is -0.489 e. The van der Waals surface area contributed by atoms with Crippen LogP contribution in [0.4, 0.5) is 10.3 Å². The first-order valence-corrected chi connectivity index (χ1v) is 6.95. The fourth-order valence-corrected chi connectivity index (χ4v) is 1.99. The Kier molecular flexibility index (Phi) is 4.32. The Morgan fingerprint density at radius 3 is 2.83 bits per heavy atom. The van der Waals surface area contributed by atoms with Gasteiger partial charge in [-0.05, 0) is 34.2 Å². The standard InChI is InChI=1S/C15H15FN6O/c16-14-7-2-1-5-12(14)10-23-13-6-3-4-11(8-13)9-18-22-15(17)19-20-21-22/h1-8,18H,9-10H2,(H2,17,19,21). The molecule has 0 radical (unpaired) electrons. The first kappa shape index (κ1) is 14.8. The van der Waals surface area contributed by atoms with Crippen LogP contribution in [0.15, 0.2) is 48.5 Å². The van der Waals surface area contributed by atoms with E-state index >= 15 is 0 Å². The zero-order valence-corrected chi connectivity index (χ0v) is 12.2. The summed E-state index contributed by atoms with van der Waals surface area (Å²) in [4.78, 5) is 1.28. The monoisotopic (exact) mass is 314 g/mol. The Morgan fingerprint density at radius 2 is 2.04 bits per heavy atom. The third kappa shape index (κ3) is 3.73. The van der Waals surface area contributed by atoms with Gasteiger partial charge in [0.1, 0.15) is 18.2 Å². The van der Waals surface area contributed by atoms with E-state index in [4.69, 9.17) is 10.5 Å². The molecule has 0 fully saturated rings. The summed E-state index contributed by atoms with van der Waals surface area (Å²) in [7, 11) is 0. The number of hydrogen-bond donors (Lipinski definition) is 2. The Balaban J connectivity index is 1.61. The highest BCUT2D eigenvalue weighted by Crippen LogP contribution is 2.16. The van der Waals surface area contributed by atoms with Crippen molar-refractivity contribution in [3.05, 3.63) is 65.5 Å². The lowest BCUT2D eigenvalue weighted by atomic mass is 10.2. The number of anilines is 1. The van der Waals surface area contributed by atoms with Crippen molar-refractivity contribution in [1.29, 1.82) is 0 Å². The minimum atomic E-state index is -0.278. The minimum absolute atomic E-state index is 0.170. The van der Waals surface area contributed by atoms with Gasteiger partial charge in [0.15, 0.2) is 0 Å². The second kappa shape index (κ2) is 6.73. The molecule has 118 valence electrons. The summed E-state index contributed by atoms with van der Waals surface area (Å²) < 4.78 is 19.2. The molecule has 8 heteroatoms. The second-order valence-electron chi connectivity index (χ2n) is 4.81. The van der Waals surface area contributed by atoms with E-state index in [0.29, 0.717) is 17.9 Å². The van der Waals surface area contributed by atoms with Gasteiger partial charge in [0.05, 0.1) is 6.54 Å². The molecule has 0 aliphatic heterocycles. The fraction of sp³-hybridized carbons (Fsp3) is 0.133. The van der Waals surface area contributed by atoms with Crippen molar-refractivity contribution in [2.75, 3.05) is 11.2 Å². The molecule has 3 N–H and O–H groups in total. The average Bonchev–Trinajstić information content (AvgIpc) is 2.98. The van der Waals surface area contributed by atoms with E-state index < -0.39 is 0 Å². The molecule has 0 aliphatic carbocycles. The van der Waals surface area contributed by atoms with Crippen LogP contribution in [0.1, 0.15) is 11.1 Å². The number of nitrogen functional groups attached to an aromatic ring is 1. The van der Waals surface area contributed by atoms with Crippen molar-refractivity contribution >= 4 is 5.95 Å². The highest BCUT2D eigenvalue weighted by molar-refractivity contribution is 5.30. The summed E-state index contributed by atoms with van der Waals surface area (Å²) >= 11 is 0. The average molecular weight is 314 g/mol. The number of hydrogen-bond acceptors (Lipinski definition) is 6. The molecule has 0 saturated heterocycles. The Hall–Kier alpha value is -3.16. The lowest BCUT2D eigenvalue weighted by molar-refractivity contribution is 0.299. The van der Waals surface area contributed by atoms with Crippen LogP contribution in [0.2, 0.25) is 0 Å². The highest BCUT2D eigenvalue weighted by Gasteiger charge is 2.04. The third-order valence-electron chi connectivity index (χ3n) is 3.18. The Labute approximate surface area is 131 Å². The molecular weight excluding hydrogens is 299 g/mol. The van der Waals surface area contributed by atoms with Gasteiger partial charge in [-0.25, -0.2) is 4.39 Å². The van der Waals surface area contributed by atoms with Crippen LogP contribution >= 0.6 is 0 Å². The molecule has 1 aromatic heterocycles. The van der Waals surface area contributed by atoms with E-state index in [1.54, 1.807) is 18.2 Å². The number of nitrogens with two attached hydrogens (primary N) is 1. The Morgan fingerprint density at radius 1 is 1.17 bits per heavy atom. The van der Waals surface area contributed by atoms with Gasteiger partial charge < -0.3 is 15.9 Å². The number of nitrogens with zero attached hydrogens (tertiary/aromatic N) is 4. The maximum absolute atomic E-state index is 13.6. The Bertz CT molecular complexity index is 791. The molecule has 0 atom stereocenters. The molecular formula is C15H15FN6O. The molecule has 2 aromatic carbocycles. The topological polar surface area (TPSA) is 90.9 Å². The van der Waals surface area contributed by atoms with Gasteiger partial charge >= 0.3 is 0 Å². The number of rotatable bonds is 6. The van der Waals surface area contributed by atoms with E-state index in [2.05, 4.69) is 21.0 Å². The predicted octanol–water partition coefficient (Wildman–Crippen LogP) is 1.72. The summed E-state index contributed by atoms with van der Waals surface area (Å²) in [6, 6.07) is 14.0. The fourth-order valence-electron chi connectivity index (χ4n) is 1.99. The molecule has 3 aromatic rings. The number of halogens is 1. The molecule has 23 heavy (non-hydrogen) atoms. The van der Waals surface area contributed by atoms with Crippen LogP contribution < -0.4 is 15.9 Å².